The summed E-state index contributed by atoms with van der Waals surface area (Å²) in [6.07, 6.45) is 2.13. The van der Waals surface area contributed by atoms with Gasteiger partial charge in [0.25, 0.3) is 5.91 Å². The average molecular weight is 532 g/mol. The molecule has 1 saturated heterocycles. The number of amides is 1. The van der Waals surface area contributed by atoms with E-state index >= 15 is 0 Å². The van der Waals surface area contributed by atoms with Gasteiger partial charge in [0.15, 0.2) is 11.6 Å². The van der Waals surface area contributed by atoms with Gasteiger partial charge in [-0.15, -0.1) is 0 Å². The number of rotatable bonds is 7. The molecule has 3 N–H and O–H groups in total. The van der Waals surface area contributed by atoms with Crippen LogP contribution in [0.1, 0.15) is 55.7 Å². The number of anilines is 1. The highest BCUT2D eigenvalue weighted by Gasteiger charge is 2.46. The number of aromatic nitrogens is 1. The van der Waals surface area contributed by atoms with E-state index in [1.54, 1.807) is 11.5 Å². The van der Waals surface area contributed by atoms with Gasteiger partial charge in [-0.05, 0) is 58.1 Å². The zero-order valence-electron chi connectivity index (χ0n) is 19.4. The number of hydrogen-bond donors (Lipinski definition) is 3. The van der Waals surface area contributed by atoms with Gasteiger partial charge in [0.1, 0.15) is 10.6 Å². The zero-order chi connectivity index (χ0) is 25.7. The molecule has 1 amide bonds. The van der Waals surface area contributed by atoms with Crippen molar-refractivity contribution in [2.45, 2.75) is 75.1 Å². The molecule has 192 valence electrons. The van der Waals surface area contributed by atoms with Crippen molar-refractivity contribution < 1.29 is 32.2 Å². The van der Waals surface area contributed by atoms with Crippen LogP contribution in [-0.2, 0) is 23.0 Å². The number of aliphatic hydroxyl groups is 2. The molecule has 4 rings (SSSR count). The number of aliphatic hydroxyl groups excluding tert-OH is 1. The Bertz CT molecular complexity index is 1260. The molecule has 0 aliphatic carbocycles. The molecular formula is C23H28ClF2N3O5S. The summed E-state index contributed by atoms with van der Waals surface area (Å²) in [5.41, 5.74) is -1.10. The number of nitrogens with one attached hydrogen (secondary N) is 1. The van der Waals surface area contributed by atoms with Crippen LogP contribution in [0.5, 0.6) is 0 Å². The number of fused-ring (bicyclic) bond motifs is 1. The first-order valence-electron chi connectivity index (χ1n) is 11.4. The topological polar surface area (TPSA) is 112 Å². The number of hydrogen-bond acceptors (Lipinski definition) is 5. The Morgan fingerprint density at radius 1 is 1.29 bits per heavy atom. The van der Waals surface area contributed by atoms with E-state index in [4.69, 9.17) is 11.6 Å². The Morgan fingerprint density at radius 3 is 2.66 bits per heavy atom. The van der Waals surface area contributed by atoms with Crippen LogP contribution in [0.4, 0.5) is 14.5 Å². The van der Waals surface area contributed by atoms with Gasteiger partial charge in [-0.1, -0.05) is 11.6 Å². The number of nitrogens with zero attached hydrogens (tertiary/aromatic N) is 2. The summed E-state index contributed by atoms with van der Waals surface area (Å²) in [7, 11) is -4.17. The van der Waals surface area contributed by atoms with Crippen LogP contribution in [0.25, 0.3) is 0 Å². The van der Waals surface area contributed by atoms with Crippen LogP contribution in [0.3, 0.4) is 0 Å². The Morgan fingerprint density at radius 2 is 2.00 bits per heavy atom. The first kappa shape index (κ1) is 26.0. The van der Waals surface area contributed by atoms with Gasteiger partial charge in [0.2, 0.25) is 10.0 Å². The van der Waals surface area contributed by atoms with Crippen molar-refractivity contribution in [3.05, 3.63) is 46.2 Å². The molecule has 3 unspecified atom stereocenters. The van der Waals surface area contributed by atoms with Crippen molar-refractivity contribution in [3.8, 4) is 0 Å². The van der Waals surface area contributed by atoms with E-state index in [1.807, 2.05) is 0 Å². The van der Waals surface area contributed by atoms with Gasteiger partial charge in [-0.3, -0.25) is 4.79 Å². The molecule has 2 aromatic rings. The van der Waals surface area contributed by atoms with Gasteiger partial charge in [0, 0.05) is 36.1 Å². The van der Waals surface area contributed by atoms with Crippen molar-refractivity contribution in [3.63, 3.8) is 0 Å². The summed E-state index contributed by atoms with van der Waals surface area (Å²) in [4.78, 5) is 13.0. The number of carbonyl (C=O) groups excluding carboxylic acids is 1. The lowest BCUT2D eigenvalue weighted by atomic mass is 9.97. The molecule has 3 heterocycles. The fourth-order valence-corrected chi connectivity index (χ4v) is 7.89. The normalized spacial score (nSPS) is 22.3. The van der Waals surface area contributed by atoms with Crippen molar-refractivity contribution >= 4 is 33.2 Å². The second-order valence-electron chi connectivity index (χ2n) is 9.55. The second kappa shape index (κ2) is 9.44. The average Bonchev–Trinajstić information content (AvgIpc) is 3.44. The van der Waals surface area contributed by atoms with Gasteiger partial charge in [-0.25, -0.2) is 17.2 Å². The molecule has 12 heteroatoms. The maximum atomic E-state index is 13.9. The van der Waals surface area contributed by atoms with E-state index in [1.165, 1.54) is 17.3 Å². The number of halogens is 3. The predicted octanol–water partition coefficient (Wildman–Crippen LogP) is 3.29. The highest BCUT2D eigenvalue weighted by Crippen LogP contribution is 2.42. The molecule has 35 heavy (non-hydrogen) atoms. The lowest BCUT2D eigenvalue weighted by Crippen LogP contribution is -2.45. The first-order chi connectivity index (χ1) is 16.4. The first-order valence-corrected chi connectivity index (χ1v) is 13.2. The molecule has 1 fully saturated rings. The lowest BCUT2D eigenvalue weighted by molar-refractivity contribution is -0.0169. The maximum absolute atomic E-state index is 13.9. The maximum Gasteiger partial charge on any atom is 0.273 e. The van der Waals surface area contributed by atoms with Crippen LogP contribution in [-0.4, -0.2) is 57.7 Å². The summed E-state index contributed by atoms with van der Waals surface area (Å²) in [6, 6.07) is 1.98. The molecule has 0 radical (unpaired) electrons. The largest absolute Gasteiger partial charge is 0.393 e. The van der Waals surface area contributed by atoms with E-state index in [0.29, 0.717) is 37.9 Å². The van der Waals surface area contributed by atoms with Gasteiger partial charge in [0.05, 0.1) is 17.2 Å². The second-order valence-corrected chi connectivity index (χ2v) is 11.7. The van der Waals surface area contributed by atoms with E-state index in [0.717, 1.165) is 12.1 Å². The summed E-state index contributed by atoms with van der Waals surface area (Å²) in [5.74, 6) is -2.93. The molecule has 3 atom stereocenters. The van der Waals surface area contributed by atoms with Crippen molar-refractivity contribution in [2.24, 2.45) is 0 Å². The molecule has 8 nitrogen and oxygen atoms in total. The highest BCUT2D eigenvalue weighted by atomic mass is 35.5. The standard InChI is InChI=1S/C23H28ClF2N3O5S/c1-13-5-7-15(11-23(2,32)12-30)29(13)35(33,34)21-18-4-3-9-28(18)20(19(21)24)22(31)27-14-6-8-16(25)17(26)10-14/h6,8,10,13,15,30,32H,3-5,7,9,11-12H2,1-2H3,(H,27,31). The molecule has 1 aromatic heterocycles. The zero-order valence-corrected chi connectivity index (χ0v) is 21.0. The summed E-state index contributed by atoms with van der Waals surface area (Å²) >= 11 is 6.57. The quantitative estimate of drug-likeness (QED) is 0.507. The summed E-state index contributed by atoms with van der Waals surface area (Å²) < 4.78 is 57.6. The Hall–Kier alpha value is -2.05. The van der Waals surface area contributed by atoms with Gasteiger partial charge >= 0.3 is 0 Å². The fourth-order valence-electron chi connectivity index (χ4n) is 5.11. The monoisotopic (exact) mass is 531 g/mol. The molecule has 2 aliphatic rings. The van der Waals surface area contributed by atoms with Crippen LogP contribution in [0.15, 0.2) is 23.1 Å². The van der Waals surface area contributed by atoms with E-state index in [2.05, 4.69) is 5.32 Å². The minimum absolute atomic E-state index is 0.00221. The van der Waals surface area contributed by atoms with Crippen molar-refractivity contribution in [1.82, 2.24) is 8.87 Å². The molecular weight excluding hydrogens is 504 g/mol. The summed E-state index contributed by atoms with van der Waals surface area (Å²) in [5, 5.41) is 22.1. The Balaban J connectivity index is 1.73. The molecule has 1 aromatic carbocycles. The number of sulfonamides is 1. The van der Waals surface area contributed by atoms with Crippen molar-refractivity contribution in [2.75, 3.05) is 11.9 Å². The fraction of sp³-hybridized carbons (Fsp3) is 0.522. The van der Waals surface area contributed by atoms with Crippen molar-refractivity contribution in [1.29, 1.82) is 0 Å². The molecule has 0 spiro atoms. The third-order valence-corrected chi connectivity index (χ3v) is 9.37. The van der Waals surface area contributed by atoms with E-state index in [-0.39, 0.29) is 33.8 Å². The lowest BCUT2D eigenvalue weighted by Gasteiger charge is -2.32. The molecule has 0 saturated carbocycles. The van der Waals surface area contributed by atoms with Crippen LogP contribution >= 0.6 is 11.6 Å². The third-order valence-electron chi connectivity index (χ3n) is 6.72. The minimum Gasteiger partial charge on any atom is -0.393 e. The van der Waals surface area contributed by atoms with Crippen LogP contribution < -0.4 is 5.32 Å². The number of carbonyl (C=O) groups is 1. The van der Waals surface area contributed by atoms with E-state index < -0.39 is 45.8 Å². The molecule has 2 aliphatic heterocycles. The van der Waals surface area contributed by atoms with Crippen LogP contribution in [0, 0.1) is 11.6 Å². The Labute approximate surface area is 207 Å². The Kier molecular flexibility index (Phi) is 7.02. The SMILES string of the molecule is CC1CCC(CC(C)(O)CO)N1S(=O)(=O)c1c(Cl)c(C(=O)Nc2ccc(F)c(F)c2)n2c1CCC2. The van der Waals surface area contributed by atoms with Crippen LogP contribution in [0.2, 0.25) is 5.02 Å². The smallest absolute Gasteiger partial charge is 0.273 e. The third kappa shape index (κ3) is 4.72. The summed E-state index contributed by atoms with van der Waals surface area (Å²) in [6.45, 7) is 3.09. The van der Waals surface area contributed by atoms with E-state index in [9.17, 15) is 32.2 Å². The number of benzene rings is 1. The van der Waals surface area contributed by atoms with Gasteiger partial charge < -0.3 is 20.1 Å². The molecule has 0 bridgehead atoms. The minimum atomic E-state index is -4.17. The van der Waals surface area contributed by atoms with Gasteiger partial charge in [-0.2, -0.15) is 4.31 Å². The highest BCUT2D eigenvalue weighted by molar-refractivity contribution is 7.89. The predicted molar refractivity (Wildman–Crippen MR) is 126 cm³/mol.